The molecule has 1 aromatic heterocycles. The smallest absolute Gasteiger partial charge is 0.158 e. The van der Waals surface area contributed by atoms with E-state index in [2.05, 4.69) is 9.97 Å². The van der Waals surface area contributed by atoms with Gasteiger partial charge in [0.25, 0.3) is 0 Å². The highest BCUT2D eigenvalue weighted by atomic mass is 127. The van der Waals surface area contributed by atoms with Crippen molar-refractivity contribution < 1.29 is 4.39 Å². The summed E-state index contributed by atoms with van der Waals surface area (Å²) in [4.78, 5) is 7.35. The first kappa shape index (κ1) is 9.06. The van der Waals surface area contributed by atoms with Crippen LogP contribution < -0.4 is 0 Å². The van der Waals surface area contributed by atoms with Crippen molar-refractivity contribution in [2.75, 3.05) is 0 Å². The Hall–Kier alpha value is -1.03. The molecule has 0 aliphatic carbocycles. The zero-order valence-corrected chi connectivity index (χ0v) is 7.99. The Kier molecular flexibility index (Phi) is 3.10. The predicted molar refractivity (Wildman–Crippen MR) is 49.9 cm³/mol. The molecule has 0 unspecified atom stereocenters. The third kappa shape index (κ3) is 1.98. The summed E-state index contributed by atoms with van der Waals surface area (Å²) in [6, 6.07) is 1.79. The molecular formula is C7H3FIN3. The lowest BCUT2D eigenvalue weighted by Gasteiger charge is -1.93. The summed E-state index contributed by atoms with van der Waals surface area (Å²) in [7, 11) is 0. The lowest BCUT2D eigenvalue weighted by Crippen LogP contribution is -1.89. The van der Waals surface area contributed by atoms with Crippen molar-refractivity contribution in [1.82, 2.24) is 9.97 Å². The molecule has 0 radical (unpaired) electrons. The van der Waals surface area contributed by atoms with E-state index in [1.54, 1.807) is 28.7 Å². The van der Waals surface area contributed by atoms with Gasteiger partial charge in [0.05, 0.1) is 12.4 Å². The molecule has 1 heterocycles. The van der Waals surface area contributed by atoms with Crippen molar-refractivity contribution in [1.29, 1.82) is 5.26 Å². The summed E-state index contributed by atoms with van der Waals surface area (Å²) in [6.07, 6.45) is 2.46. The second kappa shape index (κ2) is 4.11. The quantitative estimate of drug-likeness (QED) is 0.737. The number of hydrogen-bond donors (Lipinski definition) is 0. The molecule has 3 nitrogen and oxygen atoms in total. The molecule has 0 N–H and O–H groups in total. The zero-order chi connectivity index (χ0) is 8.97. The molecule has 0 atom stereocenters. The Labute approximate surface area is 82.1 Å². The summed E-state index contributed by atoms with van der Waals surface area (Å²) >= 11 is 1.77. The van der Waals surface area contributed by atoms with Crippen LogP contribution in [-0.4, -0.2) is 9.97 Å². The van der Waals surface area contributed by atoms with E-state index in [4.69, 9.17) is 5.26 Å². The standard InChI is InChI=1S/C7H3FIN3/c8-6(1-9)7-4-11-5(2-10)3-12-7/h1,3-4H. The van der Waals surface area contributed by atoms with Crippen LogP contribution in [-0.2, 0) is 0 Å². The molecule has 1 aromatic rings. The summed E-state index contributed by atoms with van der Waals surface area (Å²) in [6.45, 7) is 0. The van der Waals surface area contributed by atoms with E-state index in [0.29, 0.717) is 0 Å². The maximum absolute atomic E-state index is 12.8. The highest BCUT2D eigenvalue weighted by Crippen LogP contribution is 2.13. The average molecular weight is 275 g/mol. The van der Waals surface area contributed by atoms with E-state index < -0.39 is 5.83 Å². The number of rotatable bonds is 1. The van der Waals surface area contributed by atoms with Gasteiger partial charge in [-0.15, -0.1) is 0 Å². The molecular weight excluding hydrogens is 272 g/mol. The van der Waals surface area contributed by atoms with Gasteiger partial charge in [0.15, 0.2) is 11.5 Å². The van der Waals surface area contributed by atoms with Crippen molar-refractivity contribution >= 4 is 28.4 Å². The van der Waals surface area contributed by atoms with Crippen LogP contribution in [0.25, 0.3) is 5.83 Å². The van der Waals surface area contributed by atoms with E-state index in [-0.39, 0.29) is 11.4 Å². The molecule has 1 rings (SSSR count). The lowest BCUT2D eigenvalue weighted by molar-refractivity contribution is 0.753. The fourth-order valence-corrected chi connectivity index (χ4v) is 0.884. The predicted octanol–water partition coefficient (Wildman–Crippen LogP) is 2.05. The summed E-state index contributed by atoms with van der Waals surface area (Å²) in [5.41, 5.74) is 0.323. The van der Waals surface area contributed by atoms with Crippen LogP contribution in [0.5, 0.6) is 0 Å². The number of nitriles is 1. The highest BCUT2D eigenvalue weighted by Gasteiger charge is 2.00. The maximum atomic E-state index is 12.8. The van der Waals surface area contributed by atoms with E-state index in [1.165, 1.54) is 16.5 Å². The van der Waals surface area contributed by atoms with E-state index in [0.717, 1.165) is 0 Å². The second-order valence-electron chi connectivity index (χ2n) is 1.86. The van der Waals surface area contributed by atoms with Crippen molar-refractivity contribution in [2.24, 2.45) is 0 Å². The molecule has 12 heavy (non-hydrogen) atoms. The Morgan fingerprint density at radius 3 is 2.75 bits per heavy atom. The molecule has 0 fully saturated rings. The second-order valence-corrected chi connectivity index (χ2v) is 2.48. The first-order chi connectivity index (χ1) is 5.77. The molecule has 0 aliphatic heterocycles. The van der Waals surface area contributed by atoms with Crippen LogP contribution >= 0.6 is 22.6 Å². The minimum absolute atomic E-state index is 0.142. The van der Waals surface area contributed by atoms with E-state index >= 15 is 0 Å². The molecule has 0 bridgehead atoms. The normalized spacial score (nSPS) is 10.9. The van der Waals surface area contributed by atoms with Crippen LogP contribution in [0.2, 0.25) is 0 Å². The fourth-order valence-electron chi connectivity index (χ4n) is 0.565. The Morgan fingerprint density at radius 2 is 2.33 bits per heavy atom. The van der Waals surface area contributed by atoms with Gasteiger partial charge >= 0.3 is 0 Å². The Bertz CT molecular complexity index is 339. The number of hydrogen-bond acceptors (Lipinski definition) is 3. The minimum Gasteiger partial charge on any atom is -0.249 e. The van der Waals surface area contributed by atoms with Crippen molar-refractivity contribution in [2.45, 2.75) is 0 Å². The molecule has 5 heteroatoms. The molecule has 0 aromatic carbocycles. The maximum Gasteiger partial charge on any atom is 0.158 e. The first-order valence-electron chi connectivity index (χ1n) is 2.96. The van der Waals surface area contributed by atoms with Gasteiger partial charge in [-0.3, -0.25) is 0 Å². The molecule has 0 aliphatic rings. The summed E-state index contributed by atoms with van der Waals surface area (Å²) in [5.74, 6) is -0.451. The molecule has 60 valence electrons. The Morgan fingerprint density at radius 1 is 1.58 bits per heavy atom. The molecule has 0 saturated heterocycles. The average Bonchev–Trinajstić information content (AvgIpc) is 2.17. The van der Waals surface area contributed by atoms with Crippen LogP contribution in [0.15, 0.2) is 16.5 Å². The van der Waals surface area contributed by atoms with Gasteiger partial charge in [-0.2, -0.15) is 5.26 Å². The molecule has 0 amide bonds. The van der Waals surface area contributed by atoms with Crippen LogP contribution in [0, 0.1) is 11.3 Å². The highest BCUT2D eigenvalue weighted by molar-refractivity contribution is 14.1. The largest absolute Gasteiger partial charge is 0.249 e. The van der Waals surface area contributed by atoms with Gasteiger partial charge in [0.1, 0.15) is 11.8 Å². The third-order valence-corrected chi connectivity index (χ3v) is 1.65. The van der Waals surface area contributed by atoms with Crippen LogP contribution in [0.1, 0.15) is 11.4 Å². The minimum atomic E-state index is -0.451. The van der Waals surface area contributed by atoms with Gasteiger partial charge < -0.3 is 0 Å². The third-order valence-electron chi connectivity index (χ3n) is 1.11. The van der Waals surface area contributed by atoms with Crippen molar-refractivity contribution in [3.8, 4) is 6.07 Å². The monoisotopic (exact) mass is 275 g/mol. The zero-order valence-electron chi connectivity index (χ0n) is 5.83. The molecule has 0 spiro atoms. The number of halogens is 2. The van der Waals surface area contributed by atoms with Gasteiger partial charge in [-0.1, -0.05) is 0 Å². The van der Waals surface area contributed by atoms with Crippen molar-refractivity contribution in [3.05, 3.63) is 27.9 Å². The van der Waals surface area contributed by atoms with E-state index in [1.807, 2.05) is 0 Å². The lowest BCUT2D eigenvalue weighted by atomic mass is 10.4. The summed E-state index contributed by atoms with van der Waals surface area (Å²) < 4.78 is 14.0. The van der Waals surface area contributed by atoms with Gasteiger partial charge in [-0.25, -0.2) is 14.4 Å². The molecule has 0 saturated carbocycles. The van der Waals surface area contributed by atoms with Crippen molar-refractivity contribution in [3.63, 3.8) is 0 Å². The first-order valence-corrected chi connectivity index (χ1v) is 4.21. The topological polar surface area (TPSA) is 49.6 Å². The summed E-state index contributed by atoms with van der Waals surface area (Å²) in [5, 5.41) is 8.36. The van der Waals surface area contributed by atoms with Crippen LogP contribution in [0.3, 0.4) is 0 Å². The van der Waals surface area contributed by atoms with Gasteiger partial charge in [0, 0.05) is 4.08 Å². The van der Waals surface area contributed by atoms with Crippen LogP contribution in [0.4, 0.5) is 4.39 Å². The van der Waals surface area contributed by atoms with Gasteiger partial charge in [0.2, 0.25) is 0 Å². The number of aromatic nitrogens is 2. The van der Waals surface area contributed by atoms with Gasteiger partial charge in [-0.05, 0) is 22.6 Å². The Balaban J connectivity index is 3.02. The van der Waals surface area contributed by atoms with E-state index in [9.17, 15) is 4.39 Å². The SMILES string of the molecule is N#Cc1cnc(C(F)=CI)cn1. The fraction of sp³-hybridized carbons (Fsp3) is 0. The number of nitrogens with zero attached hydrogens (tertiary/aromatic N) is 3.